The summed E-state index contributed by atoms with van der Waals surface area (Å²) in [5, 5.41) is 1.17. The Morgan fingerprint density at radius 3 is 2.90 bits per heavy atom. The number of ketones is 1. The van der Waals surface area contributed by atoms with Gasteiger partial charge < -0.3 is 19.4 Å². The summed E-state index contributed by atoms with van der Waals surface area (Å²) in [6.07, 6.45) is 3.03. The van der Waals surface area contributed by atoms with E-state index in [1.807, 2.05) is 30.3 Å². The predicted molar refractivity (Wildman–Crippen MR) is 118 cm³/mol. The fourth-order valence-electron chi connectivity index (χ4n) is 5.13. The fraction of sp³-hybridized carbons (Fsp3) is 0.250. The number of H-pyrrole nitrogens is 1. The van der Waals surface area contributed by atoms with E-state index in [9.17, 15) is 4.79 Å². The summed E-state index contributed by atoms with van der Waals surface area (Å²) in [7, 11) is 0. The highest BCUT2D eigenvalue weighted by atomic mass is 32.1. The zero-order chi connectivity index (χ0) is 20.4. The normalized spacial score (nSPS) is 24.3. The maximum Gasteiger partial charge on any atom is 0.231 e. The highest BCUT2D eigenvalue weighted by Crippen LogP contribution is 2.47. The van der Waals surface area contributed by atoms with Gasteiger partial charge in [-0.25, -0.2) is 0 Å². The predicted octanol–water partition coefficient (Wildman–Crippen LogP) is 4.32. The number of hydrogen-bond donors (Lipinski definition) is 1. The van der Waals surface area contributed by atoms with Gasteiger partial charge in [-0.2, -0.15) is 0 Å². The Labute approximate surface area is 179 Å². The number of allylic oxidation sites excluding steroid dienone is 1. The quantitative estimate of drug-likeness (QED) is 0.509. The van der Waals surface area contributed by atoms with Gasteiger partial charge in [-0.05, 0) is 35.7 Å². The van der Waals surface area contributed by atoms with Crippen molar-refractivity contribution in [2.45, 2.75) is 24.9 Å². The van der Waals surface area contributed by atoms with E-state index in [4.69, 9.17) is 21.7 Å². The number of nitrogens with one attached hydrogen (secondary N) is 1. The zero-order valence-electron chi connectivity index (χ0n) is 16.3. The lowest BCUT2D eigenvalue weighted by Gasteiger charge is -2.38. The maximum absolute atomic E-state index is 13.3. The van der Waals surface area contributed by atoms with Crippen LogP contribution < -0.4 is 9.47 Å². The van der Waals surface area contributed by atoms with Gasteiger partial charge in [-0.15, -0.1) is 6.58 Å². The molecular weight excluding hydrogens is 396 g/mol. The SMILES string of the molecule is C=CC[C@H]1C(=O)[C@@H]2Cc3c([nH]c4ccccc34)[C@H](c3ccc4c(c3)OCO4)N2C1=S. The molecule has 2 aromatic carbocycles. The molecule has 6 rings (SSSR count). The Balaban J connectivity index is 1.57. The first-order chi connectivity index (χ1) is 14.7. The summed E-state index contributed by atoms with van der Waals surface area (Å²) < 4.78 is 11.1. The van der Waals surface area contributed by atoms with Crippen LogP contribution in [-0.2, 0) is 11.2 Å². The molecule has 0 radical (unpaired) electrons. The molecule has 0 spiro atoms. The largest absolute Gasteiger partial charge is 0.454 e. The van der Waals surface area contributed by atoms with Crippen LogP contribution in [-0.4, -0.2) is 33.5 Å². The van der Waals surface area contributed by atoms with Gasteiger partial charge in [-0.3, -0.25) is 4.79 Å². The van der Waals surface area contributed by atoms with Crippen LogP contribution in [0.2, 0.25) is 0 Å². The lowest BCUT2D eigenvalue weighted by molar-refractivity contribution is -0.122. The van der Waals surface area contributed by atoms with Gasteiger partial charge in [0.15, 0.2) is 17.3 Å². The van der Waals surface area contributed by atoms with Crippen molar-refractivity contribution in [3.05, 3.63) is 71.9 Å². The van der Waals surface area contributed by atoms with E-state index in [1.165, 1.54) is 10.9 Å². The van der Waals surface area contributed by atoms with Crippen molar-refractivity contribution in [3.8, 4) is 11.5 Å². The summed E-state index contributed by atoms with van der Waals surface area (Å²) in [5.74, 6) is 1.38. The number of rotatable bonds is 3. The molecule has 3 aliphatic heterocycles. The highest BCUT2D eigenvalue weighted by molar-refractivity contribution is 7.80. The zero-order valence-corrected chi connectivity index (χ0v) is 17.1. The van der Waals surface area contributed by atoms with Crippen molar-refractivity contribution in [1.29, 1.82) is 0 Å². The second-order valence-electron chi connectivity index (χ2n) is 8.02. The average molecular weight is 417 g/mol. The van der Waals surface area contributed by atoms with Crippen molar-refractivity contribution in [2.24, 2.45) is 5.92 Å². The number of hydrogen-bond acceptors (Lipinski definition) is 4. The summed E-state index contributed by atoms with van der Waals surface area (Å²) >= 11 is 5.85. The number of carbonyl (C=O) groups is 1. The number of nitrogens with zero attached hydrogens (tertiary/aromatic N) is 1. The van der Waals surface area contributed by atoms with Crippen molar-refractivity contribution in [2.75, 3.05) is 6.79 Å². The van der Waals surface area contributed by atoms with Gasteiger partial charge in [0, 0.05) is 23.0 Å². The van der Waals surface area contributed by atoms with Crippen LogP contribution in [0.15, 0.2) is 55.1 Å². The van der Waals surface area contributed by atoms with Crippen molar-refractivity contribution in [3.63, 3.8) is 0 Å². The number of Topliss-reactive ketones (excluding diaryl/α,β-unsaturated/α-hetero) is 1. The molecule has 1 fully saturated rings. The van der Waals surface area contributed by atoms with Crippen molar-refractivity contribution >= 4 is 33.9 Å². The molecule has 4 heterocycles. The van der Waals surface area contributed by atoms with Crippen LogP contribution in [0.1, 0.15) is 29.3 Å². The molecule has 0 unspecified atom stereocenters. The van der Waals surface area contributed by atoms with E-state index >= 15 is 0 Å². The number of thiocarbonyl (C=S) groups is 1. The minimum absolute atomic E-state index is 0.174. The maximum atomic E-state index is 13.3. The fourth-order valence-corrected chi connectivity index (χ4v) is 5.58. The molecule has 3 atom stereocenters. The van der Waals surface area contributed by atoms with E-state index in [0.717, 1.165) is 28.3 Å². The van der Waals surface area contributed by atoms with E-state index in [2.05, 4.69) is 28.6 Å². The monoisotopic (exact) mass is 416 g/mol. The number of carbonyl (C=O) groups excluding carboxylic acids is 1. The van der Waals surface area contributed by atoms with Gasteiger partial charge in [0.2, 0.25) is 6.79 Å². The summed E-state index contributed by atoms with van der Waals surface area (Å²) in [4.78, 5) is 19.8. The lowest BCUT2D eigenvalue weighted by atomic mass is 9.88. The highest BCUT2D eigenvalue weighted by Gasteiger charge is 2.51. The number of ether oxygens (including phenoxy) is 2. The minimum atomic E-state index is -0.283. The van der Waals surface area contributed by atoms with Crippen LogP contribution in [0.3, 0.4) is 0 Å². The van der Waals surface area contributed by atoms with Crippen LogP contribution in [0.4, 0.5) is 0 Å². The molecule has 1 N–H and O–H groups in total. The topological polar surface area (TPSA) is 54.6 Å². The van der Waals surface area contributed by atoms with Gasteiger partial charge >= 0.3 is 0 Å². The molecule has 30 heavy (non-hydrogen) atoms. The summed E-state index contributed by atoms with van der Waals surface area (Å²) in [6, 6.07) is 13.8. The third kappa shape index (κ3) is 2.34. The minimum Gasteiger partial charge on any atom is -0.454 e. The molecule has 6 heteroatoms. The number of benzene rings is 2. The molecule has 3 aliphatic rings. The molecule has 3 aromatic rings. The van der Waals surface area contributed by atoms with E-state index in [0.29, 0.717) is 17.8 Å². The molecule has 1 saturated heterocycles. The Morgan fingerprint density at radius 1 is 1.20 bits per heavy atom. The Bertz CT molecular complexity index is 1230. The van der Waals surface area contributed by atoms with Crippen LogP contribution >= 0.6 is 12.2 Å². The Kier molecular flexibility index (Phi) is 3.80. The van der Waals surface area contributed by atoms with Gasteiger partial charge in [0.1, 0.15) is 0 Å². The van der Waals surface area contributed by atoms with Gasteiger partial charge in [0.05, 0.1) is 23.0 Å². The number of fused-ring (bicyclic) bond motifs is 5. The van der Waals surface area contributed by atoms with E-state index in [1.54, 1.807) is 6.08 Å². The van der Waals surface area contributed by atoms with Gasteiger partial charge in [0.25, 0.3) is 0 Å². The molecule has 5 nitrogen and oxygen atoms in total. The molecule has 0 aliphatic carbocycles. The average Bonchev–Trinajstić information content (AvgIpc) is 3.44. The summed E-state index contributed by atoms with van der Waals surface area (Å²) in [6.45, 7) is 4.06. The van der Waals surface area contributed by atoms with Crippen molar-refractivity contribution < 1.29 is 14.3 Å². The second-order valence-corrected chi connectivity index (χ2v) is 8.44. The lowest BCUT2D eigenvalue weighted by Crippen LogP contribution is -2.43. The molecule has 0 saturated carbocycles. The van der Waals surface area contributed by atoms with E-state index < -0.39 is 0 Å². The standard InChI is InChI=1S/C24H20N2O3S/c1-2-5-15-23(27)18-11-16-14-6-3-4-7-17(14)25-21(16)22(26(18)24(15)30)13-8-9-19-20(10-13)29-12-28-19/h2-4,6-10,15,18,22,25H,1,5,11-12H2/t15-,18-,22-/m0/s1. The second kappa shape index (κ2) is 6.44. The van der Waals surface area contributed by atoms with Gasteiger partial charge in [-0.1, -0.05) is 42.6 Å². The first-order valence-electron chi connectivity index (χ1n) is 10.1. The van der Waals surface area contributed by atoms with Crippen molar-refractivity contribution in [1.82, 2.24) is 9.88 Å². The summed E-state index contributed by atoms with van der Waals surface area (Å²) in [5.41, 5.74) is 4.41. The smallest absolute Gasteiger partial charge is 0.231 e. The first kappa shape index (κ1) is 17.7. The van der Waals surface area contributed by atoms with E-state index in [-0.39, 0.29) is 30.6 Å². The third-order valence-corrected chi connectivity index (χ3v) is 6.97. The third-order valence-electron chi connectivity index (χ3n) is 6.47. The molecule has 0 bridgehead atoms. The first-order valence-corrected chi connectivity index (χ1v) is 10.5. The molecule has 1 aromatic heterocycles. The molecular formula is C24H20N2O3S. The number of aromatic amines is 1. The number of para-hydroxylation sites is 1. The van der Waals surface area contributed by atoms with Crippen LogP contribution in [0, 0.1) is 5.92 Å². The Morgan fingerprint density at radius 2 is 2.03 bits per heavy atom. The number of aromatic nitrogens is 1. The molecule has 0 amide bonds. The molecule has 150 valence electrons. The van der Waals surface area contributed by atoms with Crippen LogP contribution in [0.25, 0.3) is 10.9 Å². The Hall–Kier alpha value is -3.12. The van der Waals surface area contributed by atoms with Crippen LogP contribution in [0.5, 0.6) is 11.5 Å².